The smallest absolute Gasteiger partial charge is 0.325 e. The molecule has 0 heterocycles. The molecule has 0 spiro atoms. The normalized spacial score (nSPS) is 14.6. The summed E-state index contributed by atoms with van der Waals surface area (Å²) in [6.45, 7) is 0.248. The van der Waals surface area contributed by atoms with Gasteiger partial charge in [-0.2, -0.15) is 0 Å². The fraction of sp³-hybridized carbons (Fsp3) is 0.600. The number of hydrogen-bond acceptors (Lipinski definition) is 8. The number of carboxylic acids is 2. The van der Waals surface area contributed by atoms with E-state index in [1.54, 1.807) is 0 Å². The average molecular weight is 419 g/mol. The molecule has 0 rings (SSSR count). The van der Waals surface area contributed by atoms with Crippen LogP contribution in [0, 0.1) is 0 Å². The lowest BCUT2D eigenvalue weighted by Crippen LogP contribution is -2.58. The first-order chi connectivity index (χ1) is 13.4. The summed E-state index contributed by atoms with van der Waals surface area (Å²) in [6.07, 6.45) is -1.29. The summed E-state index contributed by atoms with van der Waals surface area (Å²) in [5.74, 6) is -6.53. The van der Waals surface area contributed by atoms with Crippen molar-refractivity contribution in [1.82, 2.24) is 16.0 Å². The Morgan fingerprint density at radius 2 is 1.41 bits per heavy atom. The summed E-state index contributed by atoms with van der Waals surface area (Å²) < 4.78 is 0. The number of carbonyl (C=O) groups excluding carboxylic acids is 4. The highest BCUT2D eigenvalue weighted by Gasteiger charge is 2.30. The minimum absolute atomic E-state index is 0.222. The Kier molecular flexibility index (Phi) is 10.9. The van der Waals surface area contributed by atoms with Gasteiger partial charge >= 0.3 is 11.9 Å². The first-order valence-corrected chi connectivity index (χ1v) is 8.39. The number of carboxylic acid groups (broad SMARTS) is 2. The number of nitrogens with one attached hydrogen (secondary N) is 3. The molecule has 0 aliphatic carbocycles. The molecule has 10 N–H and O–H groups in total. The van der Waals surface area contributed by atoms with Crippen LogP contribution in [0.3, 0.4) is 0 Å². The Balaban J connectivity index is 5.07. The van der Waals surface area contributed by atoms with Crippen LogP contribution < -0.4 is 27.4 Å². The Morgan fingerprint density at radius 3 is 1.86 bits per heavy atom. The van der Waals surface area contributed by atoms with Crippen LogP contribution in [-0.4, -0.2) is 81.7 Å². The molecular formula is C15H25N5O9. The molecule has 0 aliphatic heterocycles. The van der Waals surface area contributed by atoms with E-state index in [0.29, 0.717) is 0 Å². The zero-order valence-electron chi connectivity index (χ0n) is 15.6. The number of primary amides is 1. The molecule has 4 amide bonds. The Morgan fingerprint density at radius 1 is 0.897 bits per heavy atom. The highest BCUT2D eigenvalue weighted by Crippen LogP contribution is 1.99. The van der Waals surface area contributed by atoms with Crippen molar-refractivity contribution in [3.05, 3.63) is 0 Å². The van der Waals surface area contributed by atoms with Crippen molar-refractivity contribution in [3.8, 4) is 0 Å². The second kappa shape index (κ2) is 12.2. The molecule has 0 aliphatic rings. The van der Waals surface area contributed by atoms with E-state index in [4.69, 9.17) is 21.7 Å². The molecular weight excluding hydrogens is 394 g/mol. The van der Waals surface area contributed by atoms with Crippen molar-refractivity contribution in [2.24, 2.45) is 11.5 Å². The lowest BCUT2D eigenvalue weighted by molar-refractivity contribution is -0.142. The molecule has 0 radical (unpaired) electrons. The third-order valence-corrected chi connectivity index (χ3v) is 3.59. The molecule has 0 bridgehead atoms. The van der Waals surface area contributed by atoms with Gasteiger partial charge in [0.05, 0.1) is 19.1 Å². The maximum absolute atomic E-state index is 12.2. The Bertz CT molecular complexity index is 654. The molecule has 29 heavy (non-hydrogen) atoms. The van der Waals surface area contributed by atoms with Gasteiger partial charge in [0.15, 0.2) is 0 Å². The molecule has 4 atom stereocenters. The Labute approximate surface area is 165 Å². The van der Waals surface area contributed by atoms with Crippen molar-refractivity contribution in [2.75, 3.05) is 6.61 Å². The molecule has 4 unspecified atom stereocenters. The molecule has 14 nitrogen and oxygen atoms in total. The lowest BCUT2D eigenvalue weighted by Gasteiger charge is -2.23. The summed E-state index contributed by atoms with van der Waals surface area (Å²) in [4.78, 5) is 68.7. The molecule has 0 aromatic heterocycles. The van der Waals surface area contributed by atoms with Gasteiger partial charge in [-0.3, -0.25) is 28.8 Å². The first kappa shape index (κ1) is 25.7. The predicted octanol–water partition coefficient (Wildman–Crippen LogP) is -4.39. The van der Waals surface area contributed by atoms with Crippen LogP contribution in [0.2, 0.25) is 0 Å². The van der Waals surface area contributed by atoms with Crippen molar-refractivity contribution in [3.63, 3.8) is 0 Å². The monoisotopic (exact) mass is 419 g/mol. The number of amides is 4. The van der Waals surface area contributed by atoms with E-state index in [9.17, 15) is 33.9 Å². The third-order valence-electron chi connectivity index (χ3n) is 3.59. The second-order valence-electron chi connectivity index (χ2n) is 6.08. The van der Waals surface area contributed by atoms with Gasteiger partial charge in [0.2, 0.25) is 23.6 Å². The largest absolute Gasteiger partial charge is 0.481 e. The number of rotatable bonds is 13. The van der Waals surface area contributed by atoms with Crippen molar-refractivity contribution in [1.29, 1.82) is 0 Å². The van der Waals surface area contributed by atoms with Gasteiger partial charge in [-0.1, -0.05) is 0 Å². The maximum atomic E-state index is 12.2. The minimum Gasteiger partial charge on any atom is -0.481 e. The SMILES string of the molecule is CC(NC(=O)C(CC(N)=O)NC(=O)C(CO)NC(=O)C(N)CCC(=O)O)C(=O)O. The zero-order chi connectivity index (χ0) is 22.7. The predicted molar refractivity (Wildman–Crippen MR) is 94.8 cm³/mol. The molecule has 14 heteroatoms. The molecule has 0 fully saturated rings. The van der Waals surface area contributed by atoms with E-state index < -0.39 is 79.2 Å². The number of carbonyl (C=O) groups is 6. The van der Waals surface area contributed by atoms with Gasteiger partial charge in [0.1, 0.15) is 18.1 Å². The molecule has 0 aromatic carbocycles. The summed E-state index contributed by atoms with van der Waals surface area (Å²) in [5, 5.41) is 32.9. The number of hydrogen-bond donors (Lipinski definition) is 8. The van der Waals surface area contributed by atoms with Crippen LogP contribution in [-0.2, 0) is 28.8 Å². The van der Waals surface area contributed by atoms with Crippen molar-refractivity contribution >= 4 is 35.6 Å². The summed E-state index contributed by atoms with van der Waals surface area (Å²) in [7, 11) is 0. The van der Waals surface area contributed by atoms with Gasteiger partial charge in [-0.05, 0) is 13.3 Å². The maximum Gasteiger partial charge on any atom is 0.325 e. The van der Waals surface area contributed by atoms with E-state index in [2.05, 4.69) is 10.6 Å². The van der Waals surface area contributed by atoms with Crippen molar-refractivity contribution in [2.45, 2.75) is 50.4 Å². The summed E-state index contributed by atoms with van der Waals surface area (Å²) in [6, 6.07) is -5.73. The van der Waals surface area contributed by atoms with E-state index in [-0.39, 0.29) is 6.42 Å². The standard InChI is InChI=1S/C15H25N5O9/c1-6(15(28)29)18-13(26)8(4-10(17)22)19-14(27)9(5-21)20-12(25)7(16)2-3-11(23)24/h6-9,21H,2-5,16H2,1H3,(H2,17,22)(H,18,26)(H,19,27)(H,20,25)(H,23,24)(H,28,29). The van der Waals surface area contributed by atoms with Crippen LogP contribution in [0.5, 0.6) is 0 Å². The molecule has 164 valence electrons. The first-order valence-electron chi connectivity index (χ1n) is 8.39. The second-order valence-corrected chi connectivity index (χ2v) is 6.08. The number of nitrogens with two attached hydrogens (primary N) is 2. The highest BCUT2D eigenvalue weighted by atomic mass is 16.4. The zero-order valence-corrected chi connectivity index (χ0v) is 15.6. The summed E-state index contributed by atoms with van der Waals surface area (Å²) >= 11 is 0. The number of aliphatic carboxylic acids is 2. The van der Waals surface area contributed by atoms with Crippen LogP contribution in [0.4, 0.5) is 0 Å². The van der Waals surface area contributed by atoms with Gasteiger partial charge in [0.25, 0.3) is 0 Å². The fourth-order valence-corrected chi connectivity index (χ4v) is 1.94. The average Bonchev–Trinajstić information content (AvgIpc) is 2.62. The van der Waals surface area contributed by atoms with Gasteiger partial charge < -0.3 is 42.7 Å². The van der Waals surface area contributed by atoms with E-state index in [0.717, 1.165) is 6.92 Å². The number of aliphatic hydroxyl groups is 1. The van der Waals surface area contributed by atoms with Crippen molar-refractivity contribution < 1.29 is 44.1 Å². The van der Waals surface area contributed by atoms with Gasteiger partial charge in [-0.15, -0.1) is 0 Å². The molecule has 0 saturated heterocycles. The van der Waals surface area contributed by atoms with Crippen LogP contribution in [0.15, 0.2) is 0 Å². The topological polar surface area (TPSA) is 251 Å². The quantitative estimate of drug-likeness (QED) is 0.142. The van der Waals surface area contributed by atoms with Crippen LogP contribution >= 0.6 is 0 Å². The minimum atomic E-state index is -1.57. The van der Waals surface area contributed by atoms with Crippen LogP contribution in [0.25, 0.3) is 0 Å². The fourth-order valence-electron chi connectivity index (χ4n) is 1.94. The molecule has 0 saturated carbocycles. The van der Waals surface area contributed by atoms with E-state index in [1.807, 2.05) is 5.32 Å². The van der Waals surface area contributed by atoms with E-state index in [1.165, 1.54) is 0 Å². The lowest BCUT2D eigenvalue weighted by atomic mass is 10.1. The van der Waals surface area contributed by atoms with Gasteiger partial charge in [0, 0.05) is 6.42 Å². The summed E-state index contributed by atoms with van der Waals surface area (Å²) in [5.41, 5.74) is 10.5. The Hall–Kier alpha value is -3.26. The van der Waals surface area contributed by atoms with Gasteiger partial charge in [-0.25, -0.2) is 0 Å². The third kappa shape index (κ3) is 10.0. The number of aliphatic hydroxyl groups excluding tert-OH is 1. The highest BCUT2D eigenvalue weighted by molar-refractivity contribution is 5.96. The molecule has 0 aromatic rings. The van der Waals surface area contributed by atoms with Crippen LogP contribution in [0.1, 0.15) is 26.2 Å². The van der Waals surface area contributed by atoms with E-state index >= 15 is 0 Å².